The first-order valence-electron chi connectivity index (χ1n) is 13.0. The summed E-state index contributed by atoms with van der Waals surface area (Å²) in [6, 6.07) is 31.8. The zero-order valence-electron chi connectivity index (χ0n) is 21.8. The first-order chi connectivity index (χ1) is 19.2. The fraction of sp³-hybridized carbons (Fsp3) is 0.188. The van der Waals surface area contributed by atoms with Crippen LogP contribution >= 0.6 is 0 Å². The summed E-state index contributed by atoms with van der Waals surface area (Å²) in [4.78, 5) is 35.9. The number of nitrogens with one attached hydrogen (secondary N) is 2. The molecule has 4 rings (SSSR count). The molecule has 7 heteroatoms. The molecule has 0 fully saturated rings. The van der Waals surface area contributed by atoms with Gasteiger partial charge >= 0.3 is 0 Å². The lowest BCUT2D eigenvalue weighted by atomic mass is 9.91. The Morgan fingerprint density at radius 2 is 1.15 bits per heavy atom. The second kappa shape index (κ2) is 15.0. The molecule has 39 heavy (non-hydrogen) atoms. The van der Waals surface area contributed by atoms with Crippen LogP contribution in [0.25, 0.3) is 0 Å². The summed E-state index contributed by atoms with van der Waals surface area (Å²) in [7, 11) is 0. The van der Waals surface area contributed by atoms with Crippen LogP contribution in [0.15, 0.2) is 122 Å². The van der Waals surface area contributed by atoms with E-state index in [1.807, 2.05) is 72.8 Å². The lowest BCUT2D eigenvalue weighted by Crippen LogP contribution is -2.34. The van der Waals surface area contributed by atoms with Gasteiger partial charge in [0.25, 0.3) is 0 Å². The van der Waals surface area contributed by atoms with Gasteiger partial charge in [-0.2, -0.15) is 0 Å². The zero-order valence-corrected chi connectivity index (χ0v) is 21.8. The lowest BCUT2D eigenvalue weighted by molar-refractivity contribution is -0.118. The Hall–Kier alpha value is -4.62. The molecule has 0 aliphatic carbocycles. The molecule has 2 aromatic carbocycles. The highest BCUT2D eigenvalue weighted by Gasteiger charge is 2.14. The van der Waals surface area contributed by atoms with Crippen molar-refractivity contribution < 1.29 is 9.59 Å². The predicted octanol–water partition coefficient (Wildman–Crippen LogP) is 4.10. The van der Waals surface area contributed by atoms with E-state index in [0.29, 0.717) is 32.7 Å². The molecule has 2 N–H and O–H groups in total. The predicted molar refractivity (Wildman–Crippen MR) is 152 cm³/mol. The molecule has 2 amide bonds. The van der Waals surface area contributed by atoms with E-state index in [1.54, 1.807) is 12.4 Å². The zero-order chi connectivity index (χ0) is 27.1. The summed E-state index contributed by atoms with van der Waals surface area (Å²) in [6.07, 6.45) is 6.10. The van der Waals surface area contributed by atoms with E-state index in [0.717, 1.165) is 22.5 Å². The minimum absolute atomic E-state index is 0.0165. The van der Waals surface area contributed by atoms with Gasteiger partial charge in [0, 0.05) is 63.2 Å². The maximum atomic E-state index is 12.5. The number of nitrogens with zero attached hydrogens (tertiary/aromatic N) is 3. The molecule has 0 aliphatic heterocycles. The lowest BCUT2D eigenvalue weighted by Gasteiger charge is -2.21. The summed E-state index contributed by atoms with van der Waals surface area (Å²) in [5, 5.41) is 5.80. The number of hydrogen-bond donors (Lipinski definition) is 2. The van der Waals surface area contributed by atoms with Crippen LogP contribution in [0.1, 0.15) is 28.4 Å². The van der Waals surface area contributed by atoms with Crippen molar-refractivity contribution in [1.82, 2.24) is 25.5 Å². The second-order valence-electron chi connectivity index (χ2n) is 9.10. The van der Waals surface area contributed by atoms with Gasteiger partial charge in [-0.1, -0.05) is 72.8 Å². The Morgan fingerprint density at radius 1 is 0.667 bits per heavy atom. The average molecular weight is 520 g/mol. The molecule has 2 aromatic heterocycles. The monoisotopic (exact) mass is 519 g/mol. The quantitative estimate of drug-likeness (QED) is 0.260. The number of carbonyl (C=O) groups is 2. The van der Waals surface area contributed by atoms with Crippen LogP contribution in [0.5, 0.6) is 0 Å². The molecule has 0 aliphatic rings. The third-order valence-electron chi connectivity index (χ3n) is 6.22. The standard InChI is InChI=1S/C32H33N5O2/c38-31(35-21-22-37(24-28-15-7-9-19-33-28)25-29-16-8-10-20-34-29)17-18-32(39)36-23-30(26-11-3-1-4-12-26)27-13-5-2-6-14-27/h1-20,30H,21-25H2,(H,35,38)(H,36,39)/b18-17+. The van der Waals surface area contributed by atoms with Gasteiger partial charge in [0.2, 0.25) is 11.8 Å². The van der Waals surface area contributed by atoms with Crippen LogP contribution in [0.3, 0.4) is 0 Å². The minimum Gasteiger partial charge on any atom is -0.352 e. The van der Waals surface area contributed by atoms with Crippen molar-refractivity contribution in [3.8, 4) is 0 Å². The van der Waals surface area contributed by atoms with Crippen molar-refractivity contribution in [2.75, 3.05) is 19.6 Å². The third-order valence-corrected chi connectivity index (χ3v) is 6.22. The molecule has 2 heterocycles. The van der Waals surface area contributed by atoms with Gasteiger partial charge in [0.15, 0.2) is 0 Å². The van der Waals surface area contributed by atoms with Crippen molar-refractivity contribution in [2.24, 2.45) is 0 Å². The summed E-state index contributed by atoms with van der Waals surface area (Å²) in [6.45, 7) is 2.73. The Kier molecular flexibility index (Phi) is 10.5. The number of carbonyl (C=O) groups excluding carboxylic acids is 2. The molecule has 4 aromatic rings. The molecule has 0 spiro atoms. The van der Waals surface area contributed by atoms with Crippen molar-refractivity contribution in [3.63, 3.8) is 0 Å². The molecular formula is C32H33N5O2. The summed E-state index contributed by atoms with van der Waals surface area (Å²) >= 11 is 0. The van der Waals surface area contributed by atoms with Crippen LogP contribution < -0.4 is 10.6 Å². The topological polar surface area (TPSA) is 87.2 Å². The number of benzene rings is 2. The van der Waals surface area contributed by atoms with E-state index < -0.39 is 0 Å². The maximum absolute atomic E-state index is 12.5. The number of pyridine rings is 2. The highest BCUT2D eigenvalue weighted by Crippen LogP contribution is 2.23. The van der Waals surface area contributed by atoms with E-state index >= 15 is 0 Å². The van der Waals surface area contributed by atoms with Crippen LogP contribution in [0, 0.1) is 0 Å². The SMILES string of the molecule is O=C(/C=C/C(=O)NCC(c1ccccc1)c1ccccc1)NCCN(Cc1ccccn1)Cc1ccccn1. The summed E-state index contributed by atoms with van der Waals surface area (Å²) in [5.41, 5.74) is 4.12. The number of amides is 2. The molecule has 0 saturated carbocycles. The van der Waals surface area contributed by atoms with Crippen molar-refractivity contribution in [3.05, 3.63) is 144 Å². The largest absolute Gasteiger partial charge is 0.352 e. The highest BCUT2D eigenvalue weighted by atomic mass is 16.2. The third kappa shape index (κ3) is 9.32. The Labute approximate surface area is 229 Å². The van der Waals surface area contributed by atoms with Gasteiger partial charge in [0.05, 0.1) is 11.4 Å². The van der Waals surface area contributed by atoms with Crippen molar-refractivity contribution in [2.45, 2.75) is 19.0 Å². The molecule has 7 nitrogen and oxygen atoms in total. The molecule has 0 saturated heterocycles. The van der Waals surface area contributed by atoms with Crippen molar-refractivity contribution in [1.29, 1.82) is 0 Å². The molecule has 0 radical (unpaired) electrons. The highest BCUT2D eigenvalue weighted by molar-refractivity contribution is 5.96. The minimum atomic E-state index is -0.316. The van der Waals surface area contributed by atoms with Crippen LogP contribution in [-0.4, -0.2) is 46.3 Å². The van der Waals surface area contributed by atoms with E-state index in [9.17, 15) is 9.59 Å². The van der Waals surface area contributed by atoms with Crippen LogP contribution in [0.4, 0.5) is 0 Å². The molecular weight excluding hydrogens is 486 g/mol. The Bertz CT molecular complexity index is 1240. The van der Waals surface area contributed by atoms with Crippen LogP contribution in [-0.2, 0) is 22.7 Å². The Balaban J connectivity index is 1.26. The van der Waals surface area contributed by atoms with E-state index in [4.69, 9.17) is 0 Å². The van der Waals surface area contributed by atoms with Gasteiger partial charge in [-0.3, -0.25) is 24.5 Å². The fourth-order valence-corrected chi connectivity index (χ4v) is 4.26. The first kappa shape index (κ1) is 27.4. The van der Waals surface area contributed by atoms with Gasteiger partial charge < -0.3 is 10.6 Å². The van der Waals surface area contributed by atoms with Gasteiger partial charge in [-0.25, -0.2) is 0 Å². The number of aromatic nitrogens is 2. The molecule has 198 valence electrons. The van der Waals surface area contributed by atoms with Gasteiger partial charge in [-0.05, 0) is 35.4 Å². The molecule has 0 bridgehead atoms. The van der Waals surface area contributed by atoms with E-state index in [1.165, 1.54) is 12.2 Å². The average Bonchev–Trinajstić information content (AvgIpc) is 2.98. The fourth-order valence-electron chi connectivity index (χ4n) is 4.26. The first-order valence-corrected chi connectivity index (χ1v) is 13.0. The smallest absolute Gasteiger partial charge is 0.244 e. The Morgan fingerprint density at radius 3 is 1.64 bits per heavy atom. The number of rotatable bonds is 13. The summed E-state index contributed by atoms with van der Waals surface area (Å²) in [5.74, 6) is -0.611. The van der Waals surface area contributed by atoms with Crippen molar-refractivity contribution >= 4 is 11.8 Å². The normalized spacial score (nSPS) is 11.1. The van der Waals surface area contributed by atoms with Gasteiger partial charge in [0.1, 0.15) is 0 Å². The van der Waals surface area contributed by atoms with E-state index in [-0.39, 0.29) is 17.7 Å². The summed E-state index contributed by atoms with van der Waals surface area (Å²) < 4.78 is 0. The second-order valence-corrected chi connectivity index (χ2v) is 9.10. The molecule has 0 unspecified atom stereocenters. The van der Waals surface area contributed by atoms with Gasteiger partial charge in [-0.15, -0.1) is 0 Å². The van der Waals surface area contributed by atoms with Crippen LogP contribution in [0.2, 0.25) is 0 Å². The van der Waals surface area contributed by atoms with E-state index in [2.05, 4.69) is 49.8 Å². The maximum Gasteiger partial charge on any atom is 0.244 e. The molecule has 0 atom stereocenters. The number of hydrogen-bond acceptors (Lipinski definition) is 5.